The van der Waals surface area contributed by atoms with E-state index in [0.717, 1.165) is 5.56 Å². The minimum Gasteiger partial charge on any atom is -0.493 e. The van der Waals surface area contributed by atoms with Gasteiger partial charge < -0.3 is 14.8 Å². The van der Waals surface area contributed by atoms with Gasteiger partial charge in [0.1, 0.15) is 12.4 Å². The van der Waals surface area contributed by atoms with Crippen molar-refractivity contribution in [2.24, 2.45) is 0 Å². The Morgan fingerprint density at radius 2 is 1.94 bits per heavy atom. The smallest absolute Gasteiger partial charge is 0.256 e. The second kappa shape index (κ2) is 9.18. The van der Waals surface area contributed by atoms with Gasteiger partial charge in [0.15, 0.2) is 17.0 Å². The molecule has 0 unspecified atom stereocenters. The number of benzene rings is 3. The molecule has 1 spiro atoms. The number of rotatable bonds is 6. The van der Waals surface area contributed by atoms with Crippen molar-refractivity contribution < 1.29 is 23.6 Å². The van der Waals surface area contributed by atoms with E-state index in [1.54, 1.807) is 60.5 Å². The molecule has 1 N–H and O–H groups in total. The number of hydrogen-bond donors (Lipinski definition) is 1. The average molecular weight is 556 g/mol. The normalized spacial score (nSPS) is 22.9. The number of likely N-dealkylation sites (N-methyl/N-ethyl adjacent to an activating group) is 1. The van der Waals surface area contributed by atoms with Crippen LogP contribution < -0.4 is 14.8 Å². The quantitative estimate of drug-likeness (QED) is 0.350. The van der Waals surface area contributed by atoms with Gasteiger partial charge in [0.05, 0.1) is 17.5 Å². The van der Waals surface area contributed by atoms with Crippen LogP contribution in [-0.4, -0.2) is 42.5 Å². The second-order valence-electron chi connectivity index (χ2n) is 8.93. The summed E-state index contributed by atoms with van der Waals surface area (Å²) >= 11 is 3.53. The van der Waals surface area contributed by atoms with Crippen LogP contribution in [0.3, 0.4) is 0 Å². The maximum Gasteiger partial charge on any atom is 0.256 e. The second-order valence-corrected chi connectivity index (χ2v) is 9.79. The molecule has 0 saturated carbocycles. The Labute approximate surface area is 215 Å². The van der Waals surface area contributed by atoms with Crippen LogP contribution in [0.5, 0.6) is 11.5 Å². The lowest BCUT2D eigenvalue weighted by Gasteiger charge is -2.30. The van der Waals surface area contributed by atoms with Crippen molar-refractivity contribution in [3.05, 3.63) is 97.8 Å². The maximum absolute atomic E-state index is 13.3. The van der Waals surface area contributed by atoms with Gasteiger partial charge in [-0.1, -0.05) is 30.3 Å². The molecular weight excluding hydrogens is 533 g/mol. The molecule has 0 bridgehead atoms. The van der Waals surface area contributed by atoms with Gasteiger partial charge in [-0.05, 0) is 64.4 Å². The molecule has 3 atom stereocenters. The summed E-state index contributed by atoms with van der Waals surface area (Å²) in [7, 11) is 3.23. The van der Waals surface area contributed by atoms with E-state index in [-0.39, 0.29) is 17.3 Å². The summed E-state index contributed by atoms with van der Waals surface area (Å²) in [5.74, 6) is -0.518. The van der Waals surface area contributed by atoms with Gasteiger partial charge in [0, 0.05) is 22.7 Å². The van der Waals surface area contributed by atoms with Crippen LogP contribution >= 0.6 is 15.9 Å². The summed E-state index contributed by atoms with van der Waals surface area (Å²) in [6, 6.07) is 15.3. The number of fused-ring (bicyclic) bond motifs is 2. The Kier molecular flexibility index (Phi) is 6.17. The van der Waals surface area contributed by atoms with E-state index in [1.807, 2.05) is 0 Å². The fourth-order valence-electron chi connectivity index (χ4n) is 5.41. The lowest BCUT2D eigenvalue weighted by atomic mass is 9.79. The highest BCUT2D eigenvalue weighted by atomic mass is 79.9. The van der Waals surface area contributed by atoms with E-state index in [9.17, 15) is 19.3 Å². The van der Waals surface area contributed by atoms with E-state index in [2.05, 4.69) is 21.2 Å². The number of methoxy groups -OCH3 is 1. The van der Waals surface area contributed by atoms with Gasteiger partial charge in [0.25, 0.3) is 11.9 Å². The van der Waals surface area contributed by atoms with Crippen molar-refractivity contribution in [2.45, 2.75) is 24.1 Å². The van der Waals surface area contributed by atoms with E-state index < -0.39 is 23.4 Å². The Balaban J connectivity index is 1.52. The zero-order chi connectivity index (χ0) is 25.6. The van der Waals surface area contributed by atoms with Gasteiger partial charge in [-0.3, -0.25) is 19.8 Å². The molecule has 0 radical (unpaired) electrons. The molecule has 0 aliphatic carbocycles. The van der Waals surface area contributed by atoms with Crippen LogP contribution in [-0.2, 0) is 16.9 Å². The lowest BCUT2D eigenvalue weighted by molar-refractivity contribution is -0.534. The number of amides is 1. The minimum atomic E-state index is -1.43. The molecule has 1 amide bonds. The molecule has 36 heavy (non-hydrogen) atoms. The first-order valence-electron chi connectivity index (χ1n) is 11.3. The zero-order valence-corrected chi connectivity index (χ0v) is 21.1. The van der Waals surface area contributed by atoms with Crippen molar-refractivity contribution in [2.75, 3.05) is 26.0 Å². The van der Waals surface area contributed by atoms with Crippen LogP contribution in [0.4, 0.5) is 10.1 Å². The van der Waals surface area contributed by atoms with Crippen LogP contribution in [0, 0.1) is 15.9 Å². The van der Waals surface area contributed by atoms with Crippen molar-refractivity contribution >= 4 is 27.5 Å². The third-order valence-corrected chi connectivity index (χ3v) is 7.61. The molecule has 1 fully saturated rings. The first-order valence-corrected chi connectivity index (χ1v) is 12.1. The number of anilines is 1. The first-order chi connectivity index (χ1) is 17.3. The standard InChI is InChI=1S/C26H23BrFN3O5/c1-30-13-18(24(31(33)34)26(30)19-5-3-4-6-21(19)29-25(26)32)16-11-20(27)23(22(12-16)35-2)36-14-15-7-9-17(28)10-8-15/h3-12,18,24H,13-14H2,1-2H3,(H,29,32)/t18-,24+,26+/m0/s1. The number of ether oxygens (including phenoxy) is 2. The highest BCUT2D eigenvalue weighted by Gasteiger charge is 2.68. The number of hydrogen-bond acceptors (Lipinski definition) is 6. The Hall–Kier alpha value is -3.50. The number of para-hydroxylation sites is 1. The van der Waals surface area contributed by atoms with Crippen molar-refractivity contribution in [3.8, 4) is 11.5 Å². The maximum atomic E-state index is 13.3. The first kappa shape index (κ1) is 24.2. The van der Waals surface area contributed by atoms with Crippen molar-refractivity contribution in [1.29, 1.82) is 0 Å². The number of carbonyl (C=O) groups is 1. The summed E-state index contributed by atoms with van der Waals surface area (Å²) < 4.78 is 25.3. The molecule has 8 nitrogen and oxygen atoms in total. The molecule has 3 aromatic rings. The third kappa shape index (κ3) is 3.72. The number of carbonyl (C=O) groups excluding carboxylic acids is 1. The number of likely N-dealkylation sites (tertiary alicyclic amines) is 1. The van der Waals surface area contributed by atoms with Gasteiger partial charge in [0.2, 0.25) is 0 Å². The van der Waals surface area contributed by atoms with Crippen molar-refractivity contribution in [3.63, 3.8) is 0 Å². The molecule has 2 aliphatic rings. The summed E-state index contributed by atoms with van der Waals surface area (Å²) in [6.45, 7) is 0.469. The van der Waals surface area contributed by atoms with Crippen LogP contribution in [0.15, 0.2) is 65.1 Å². The molecule has 2 aliphatic heterocycles. The molecule has 5 rings (SSSR count). The molecule has 10 heteroatoms. The molecule has 186 valence electrons. The Morgan fingerprint density at radius 1 is 1.22 bits per heavy atom. The topological polar surface area (TPSA) is 93.9 Å². The largest absolute Gasteiger partial charge is 0.493 e. The minimum absolute atomic E-state index is 0.179. The monoisotopic (exact) mass is 555 g/mol. The fraction of sp³-hybridized carbons (Fsp3) is 0.269. The van der Waals surface area contributed by atoms with Crippen LogP contribution in [0.2, 0.25) is 0 Å². The predicted molar refractivity (Wildman–Crippen MR) is 134 cm³/mol. The Morgan fingerprint density at radius 3 is 2.64 bits per heavy atom. The number of halogens is 2. The highest BCUT2D eigenvalue weighted by Crippen LogP contribution is 2.53. The SMILES string of the molecule is COc1cc([C@@H]2CN(C)[C@@]3(C(=O)Nc4ccccc43)[C@@H]2[N+](=O)[O-])cc(Br)c1OCc1ccc(F)cc1. The zero-order valence-electron chi connectivity index (χ0n) is 19.5. The molecule has 0 aromatic heterocycles. The molecule has 3 aromatic carbocycles. The summed E-state index contributed by atoms with van der Waals surface area (Å²) in [5.41, 5.74) is 1.18. The predicted octanol–water partition coefficient (Wildman–Crippen LogP) is 4.70. The van der Waals surface area contributed by atoms with E-state index in [1.165, 1.54) is 19.2 Å². The van der Waals surface area contributed by atoms with E-state index in [4.69, 9.17) is 9.47 Å². The lowest BCUT2D eigenvalue weighted by Crippen LogP contribution is -2.54. The van der Waals surface area contributed by atoms with E-state index in [0.29, 0.717) is 39.3 Å². The summed E-state index contributed by atoms with van der Waals surface area (Å²) in [5, 5.41) is 15.4. The third-order valence-electron chi connectivity index (χ3n) is 7.02. The summed E-state index contributed by atoms with van der Waals surface area (Å²) in [4.78, 5) is 27.3. The fourth-order valence-corrected chi connectivity index (χ4v) is 5.98. The Bertz CT molecular complexity index is 1350. The molecular formula is C26H23BrFN3O5. The van der Waals surface area contributed by atoms with Crippen molar-refractivity contribution in [1.82, 2.24) is 4.90 Å². The number of nitrogens with zero attached hydrogens (tertiary/aromatic N) is 2. The van der Waals surface area contributed by atoms with E-state index >= 15 is 0 Å². The number of nitro groups is 1. The summed E-state index contributed by atoms with van der Waals surface area (Å²) in [6.07, 6.45) is 0. The van der Waals surface area contributed by atoms with Crippen LogP contribution in [0.1, 0.15) is 22.6 Å². The van der Waals surface area contributed by atoms with Crippen LogP contribution in [0.25, 0.3) is 0 Å². The van der Waals surface area contributed by atoms with Gasteiger partial charge in [-0.15, -0.1) is 0 Å². The molecule has 1 saturated heterocycles. The van der Waals surface area contributed by atoms with Gasteiger partial charge >= 0.3 is 0 Å². The number of nitrogens with one attached hydrogen (secondary N) is 1. The highest BCUT2D eigenvalue weighted by molar-refractivity contribution is 9.10. The average Bonchev–Trinajstić information content (AvgIpc) is 3.33. The van der Waals surface area contributed by atoms with Gasteiger partial charge in [-0.2, -0.15) is 0 Å². The van der Waals surface area contributed by atoms with Gasteiger partial charge in [-0.25, -0.2) is 4.39 Å². The molecule has 2 heterocycles.